The molecular weight excluding hydrogens is 314 g/mol. The highest BCUT2D eigenvalue weighted by molar-refractivity contribution is 5.21. The molecule has 134 valence electrons. The number of hydrogen-bond acceptors (Lipinski definition) is 10. The topological polar surface area (TPSA) is 186 Å². The zero-order valence-electron chi connectivity index (χ0n) is 12.2. The van der Waals surface area contributed by atoms with Crippen molar-refractivity contribution in [2.75, 3.05) is 13.2 Å². The van der Waals surface area contributed by atoms with E-state index in [0.717, 1.165) is 0 Å². The van der Waals surface area contributed by atoms with Crippen LogP contribution in [0.25, 0.3) is 0 Å². The maximum Gasteiger partial charge on any atom is 0.187 e. The molecule has 2 rings (SSSR count). The van der Waals surface area contributed by atoms with E-state index in [9.17, 15) is 30.6 Å². The summed E-state index contributed by atoms with van der Waals surface area (Å²) in [7, 11) is 0. The third-order valence-electron chi connectivity index (χ3n) is 4.12. The second-order valence-electron chi connectivity index (χ2n) is 5.75. The molecule has 0 aromatic heterocycles. The van der Waals surface area contributed by atoms with Crippen LogP contribution in [0.15, 0.2) is 11.6 Å². The molecule has 23 heavy (non-hydrogen) atoms. The fourth-order valence-corrected chi connectivity index (χ4v) is 2.60. The first-order valence-corrected chi connectivity index (χ1v) is 7.20. The van der Waals surface area contributed by atoms with E-state index in [4.69, 9.17) is 20.3 Å². The van der Waals surface area contributed by atoms with Crippen molar-refractivity contribution in [2.24, 2.45) is 5.73 Å². The highest BCUT2D eigenvalue weighted by atomic mass is 16.7. The molecule has 0 bridgehead atoms. The number of rotatable bonds is 4. The van der Waals surface area contributed by atoms with E-state index < -0.39 is 61.7 Å². The van der Waals surface area contributed by atoms with Crippen LogP contribution in [0.4, 0.5) is 0 Å². The van der Waals surface area contributed by atoms with Crippen LogP contribution in [-0.4, -0.2) is 104 Å². The van der Waals surface area contributed by atoms with Crippen molar-refractivity contribution >= 4 is 0 Å². The fraction of sp³-hybridized carbons (Fsp3) is 0.846. The summed E-state index contributed by atoms with van der Waals surface area (Å²) in [5.74, 6) is 0. The summed E-state index contributed by atoms with van der Waals surface area (Å²) in [6, 6.07) is -0.901. The van der Waals surface area contributed by atoms with Gasteiger partial charge >= 0.3 is 0 Å². The smallest absolute Gasteiger partial charge is 0.187 e. The van der Waals surface area contributed by atoms with Gasteiger partial charge in [-0.05, 0) is 5.57 Å². The Labute approximate surface area is 132 Å². The minimum Gasteiger partial charge on any atom is -0.394 e. The average Bonchev–Trinajstić information content (AvgIpc) is 2.54. The summed E-state index contributed by atoms with van der Waals surface area (Å²) >= 11 is 0. The Morgan fingerprint density at radius 1 is 0.957 bits per heavy atom. The lowest BCUT2D eigenvalue weighted by Gasteiger charge is -2.40. The maximum atomic E-state index is 9.87. The van der Waals surface area contributed by atoms with Gasteiger partial charge in [-0.2, -0.15) is 0 Å². The van der Waals surface area contributed by atoms with Gasteiger partial charge in [-0.3, -0.25) is 0 Å². The summed E-state index contributed by atoms with van der Waals surface area (Å²) in [6.45, 7) is -0.896. The summed E-state index contributed by atoms with van der Waals surface area (Å²) in [6.07, 6.45) is -10.0. The Kier molecular flexibility index (Phi) is 6.08. The van der Waals surface area contributed by atoms with E-state index >= 15 is 0 Å². The van der Waals surface area contributed by atoms with E-state index in [0.29, 0.717) is 0 Å². The molecule has 10 heteroatoms. The van der Waals surface area contributed by atoms with Crippen molar-refractivity contribution in [3.05, 3.63) is 11.6 Å². The number of aliphatic hydroxyl groups is 7. The van der Waals surface area contributed by atoms with Gasteiger partial charge in [0.15, 0.2) is 6.29 Å². The van der Waals surface area contributed by atoms with Crippen LogP contribution in [0.5, 0.6) is 0 Å². The van der Waals surface area contributed by atoms with E-state index in [1.165, 1.54) is 6.08 Å². The molecule has 2 aliphatic rings. The van der Waals surface area contributed by atoms with Gasteiger partial charge in [0.05, 0.1) is 19.3 Å². The van der Waals surface area contributed by atoms with Crippen molar-refractivity contribution in [3.8, 4) is 0 Å². The summed E-state index contributed by atoms with van der Waals surface area (Å²) in [5.41, 5.74) is 5.77. The minimum atomic E-state index is -1.58. The van der Waals surface area contributed by atoms with Crippen molar-refractivity contribution < 1.29 is 45.2 Å². The molecule has 9 N–H and O–H groups in total. The van der Waals surface area contributed by atoms with Crippen molar-refractivity contribution in [3.63, 3.8) is 0 Å². The molecule has 10 nitrogen and oxygen atoms in total. The third-order valence-corrected chi connectivity index (χ3v) is 4.12. The normalized spacial score (nSPS) is 48.2. The highest BCUT2D eigenvalue weighted by Gasteiger charge is 2.44. The fourth-order valence-electron chi connectivity index (χ4n) is 2.60. The van der Waals surface area contributed by atoms with Gasteiger partial charge in [0.2, 0.25) is 0 Å². The number of ether oxygens (including phenoxy) is 2. The van der Waals surface area contributed by atoms with Gasteiger partial charge in [-0.25, -0.2) is 0 Å². The summed E-state index contributed by atoms with van der Waals surface area (Å²) < 4.78 is 10.4. The second-order valence-corrected chi connectivity index (χ2v) is 5.75. The average molecular weight is 337 g/mol. The van der Waals surface area contributed by atoms with Crippen LogP contribution >= 0.6 is 0 Å². The molecule has 0 saturated carbocycles. The molecule has 9 atom stereocenters. The summed E-state index contributed by atoms with van der Waals surface area (Å²) in [4.78, 5) is 0. The molecule has 1 aliphatic carbocycles. The van der Waals surface area contributed by atoms with E-state index in [1.54, 1.807) is 0 Å². The zero-order valence-corrected chi connectivity index (χ0v) is 12.2. The Hall–Kier alpha value is -0.660. The second kappa shape index (κ2) is 7.49. The van der Waals surface area contributed by atoms with Gasteiger partial charge in [0, 0.05) is 0 Å². The molecule has 0 unspecified atom stereocenters. The highest BCUT2D eigenvalue weighted by Crippen LogP contribution is 2.24. The molecule has 1 heterocycles. The van der Waals surface area contributed by atoms with Gasteiger partial charge in [0.1, 0.15) is 42.7 Å². The van der Waals surface area contributed by atoms with Crippen LogP contribution in [0.1, 0.15) is 0 Å². The molecular formula is C13H23NO9. The van der Waals surface area contributed by atoms with Crippen LogP contribution in [-0.2, 0) is 9.47 Å². The SMILES string of the molecule is N[C@H]1C=C(CO[C@@H]2O[C@H](CO)[C@@H](O)[C@H](O)[C@H]2O)[C@@H](O)[C@H](O)[C@H]1O. The van der Waals surface area contributed by atoms with Gasteiger partial charge in [-0.1, -0.05) is 6.08 Å². The maximum absolute atomic E-state index is 9.87. The predicted octanol–water partition coefficient (Wildman–Crippen LogP) is -4.85. The van der Waals surface area contributed by atoms with Crippen LogP contribution in [0.2, 0.25) is 0 Å². The monoisotopic (exact) mass is 337 g/mol. The molecule has 0 amide bonds. The number of nitrogens with two attached hydrogens (primary N) is 1. The lowest BCUT2D eigenvalue weighted by Crippen LogP contribution is -2.59. The van der Waals surface area contributed by atoms with E-state index in [2.05, 4.69) is 0 Å². The molecule has 0 aromatic rings. The Balaban J connectivity index is 2.01. The molecule has 1 saturated heterocycles. The largest absolute Gasteiger partial charge is 0.394 e. The first-order chi connectivity index (χ1) is 10.8. The molecule has 1 fully saturated rings. The standard InChI is InChI=1S/C13H23NO9/c14-5-1-4(7(16)10(19)8(5)17)3-22-13-12(21)11(20)9(18)6(2-15)23-13/h1,5-13,15-21H,2-3,14H2/t5-,6+,7+,8-,9+,10-,11-,12+,13+/m0/s1. The van der Waals surface area contributed by atoms with Crippen molar-refractivity contribution in [1.29, 1.82) is 0 Å². The zero-order chi connectivity index (χ0) is 17.3. The molecule has 1 aliphatic heterocycles. The van der Waals surface area contributed by atoms with Gasteiger partial charge in [-0.15, -0.1) is 0 Å². The lowest BCUT2D eigenvalue weighted by molar-refractivity contribution is -0.299. The Morgan fingerprint density at radius 3 is 2.22 bits per heavy atom. The Bertz CT molecular complexity index is 432. The van der Waals surface area contributed by atoms with Gasteiger partial charge < -0.3 is 51.0 Å². The summed E-state index contributed by atoms with van der Waals surface area (Å²) in [5, 5.41) is 67.3. The first kappa shape index (κ1) is 18.7. The van der Waals surface area contributed by atoms with E-state index in [-0.39, 0.29) is 12.2 Å². The van der Waals surface area contributed by atoms with Crippen LogP contribution < -0.4 is 5.73 Å². The Morgan fingerprint density at radius 2 is 1.61 bits per heavy atom. The number of hydrogen-bond donors (Lipinski definition) is 8. The van der Waals surface area contributed by atoms with Crippen molar-refractivity contribution in [1.82, 2.24) is 0 Å². The predicted molar refractivity (Wildman–Crippen MR) is 73.8 cm³/mol. The van der Waals surface area contributed by atoms with Crippen LogP contribution in [0.3, 0.4) is 0 Å². The molecule has 0 aromatic carbocycles. The minimum absolute atomic E-state index is 0.173. The van der Waals surface area contributed by atoms with Gasteiger partial charge in [0.25, 0.3) is 0 Å². The molecule has 0 radical (unpaired) electrons. The van der Waals surface area contributed by atoms with E-state index in [1.807, 2.05) is 0 Å². The van der Waals surface area contributed by atoms with Crippen molar-refractivity contribution in [2.45, 2.75) is 55.1 Å². The lowest BCUT2D eigenvalue weighted by atomic mass is 9.89. The number of aliphatic hydroxyl groups excluding tert-OH is 7. The van der Waals surface area contributed by atoms with Crippen LogP contribution in [0, 0.1) is 0 Å². The third kappa shape index (κ3) is 3.72. The quantitative estimate of drug-likeness (QED) is 0.231. The molecule has 0 spiro atoms. The first-order valence-electron chi connectivity index (χ1n) is 7.20.